The molecule has 0 aliphatic heterocycles. The predicted octanol–water partition coefficient (Wildman–Crippen LogP) is 4.98. The van der Waals surface area contributed by atoms with Gasteiger partial charge in [0.05, 0.1) is 0 Å². The highest BCUT2D eigenvalue weighted by molar-refractivity contribution is 9.10. The second-order valence-corrected chi connectivity index (χ2v) is 4.54. The van der Waals surface area contributed by atoms with Gasteiger partial charge in [-0.05, 0) is 36.5 Å². The number of benzene rings is 1. The summed E-state index contributed by atoms with van der Waals surface area (Å²) in [4.78, 5) is 0. The van der Waals surface area contributed by atoms with Crippen LogP contribution in [0.5, 0.6) is 0 Å². The van der Waals surface area contributed by atoms with Crippen molar-refractivity contribution in [1.29, 1.82) is 0 Å². The fourth-order valence-electron chi connectivity index (χ4n) is 1.31. The number of hydrogen-bond donors (Lipinski definition) is 0. The molecular formula is C13H21Br. The first-order valence-electron chi connectivity index (χ1n) is 5.34. The van der Waals surface area contributed by atoms with Crippen molar-refractivity contribution in [1.82, 2.24) is 0 Å². The Morgan fingerprint density at radius 1 is 1.21 bits per heavy atom. The Balaban J connectivity index is 0.000000791. The minimum absolute atomic E-state index is 0.741. The van der Waals surface area contributed by atoms with E-state index in [2.05, 4.69) is 54.9 Å². The summed E-state index contributed by atoms with van der Waals surface area (Å²) >= 11 is 3.50. The second-order valence-electron chi connectivity index (χ2n) is 3.68. The Bertz CT molecular complexity index is 264. The third-order valence-corrected chi connectivity index (χ3v) is 2.76. The summed E-state index contributed by atoms with van der Waals surface area (Å²) in [5, 5.41) is 0. The molecule has 0 saturated heterocycles. The van der Waals surface area contributed by atoms with E-state index in [-0.39, 0.29) is 0 Å². The Kier molecular flexibility index (Phi) is 6.90. The largest absolute Gasteiger partial charge is 0.0683 e. The van der Waals surface area contributed by atoms with Crippen molar-refractivity contribution in [3.8, 4) is 0 Å². The van der Waals surface area contributed by atoms with E-state index in [1.165, 1.54) is 22.0 Å². The molecule has 0 spiro atoms. The van der Waals surface area contributed by atoms with Crippen molar-refractivity contribution >= 4 is 15.9 Å². The first-order chi connectivity index (χ1) is 6.59. The molecule has 0 fully saturated rings. The predicted molar refractivity (Wildman–Crippen MR) is 68.8 cm³/mol. The summed E-state index contributed by atoms with van der Waals surface area (Å²) in [5.41, 5.74) is 2.76. The normalized spacial score (nSPS) is 9.64. The Hall–Kier alpha value is -0.300. The lowest BCUT2D eigenvalue weighted by Gasteiger charge is -2.06. The van der Waals surface area contributed by atoms with E-state index in [1.807, 2.05) is 13.8 Å². The molecule has 0 N–H and O–H groups in total. The van der Waals surface area contributed by atoms with Gasteiger partial charge in [-0.2, -0.15) is 0 Å². The maximum atomic E-state index is 3.50. The first kappa shape index (κ1) is 13.7. The molecule has 1 rings (SSSR count). The molecule has 0 nitrogen and oxygen atoms in total. The van der Waals surface area contributed by atoms with Gasteiger partial charge in [0.2, 0.25) is 0 Å². The van der Waals surface area contributed by atoms with E-state index in [0.29, 0.717) is 0 Å². The zero-order valence-corrected chi connectivity index (χ0v) is 11.5. The van der Waals surface area contributed by atoms with Gasteiger partial charge >= 0.3 is 0 Å². The molecule has 0 saturated carbocycles. The standard InChI is InChI=1S/C11H15Br.C2H6/c1-8(2)6-10-4-5-11(12)9(3)7-10;1-2/h4-5,7-8H,6H2,1-3H3;1-2H3. The van der Waals surface area contributed by atoms with E-state index in [4.69, 9.17) is 0 Å². The van der Waals surface area contributed by atoms with Gasteiger partial charge in [-0.3, -0.25) is 0 Å². The van der Waals surface area contributed by atoms with Crippen LogP contribution in [0, 0.1) is 12.8 Å². The van der Waals surface area contributed by atoms with E-state index in [1.54, 1.807) is 0 Å². The van der Waals surface area contributed by atoms with Crippen molar-refractivity contribution in [3.63, 3.8) is 0 Å². The summed E-state index contributed by atoms with van der Waals surface area (Å²) in [5.74, 6) is 0.741. The third-order valence-electron chi connectivity index (χ3n) is 1.87. The fourth-order valence-corrected chi connectivity index (χ4v) is 1.55. The van der Waals surface area contributed by atoms with Crippen LogP contribution >= 0.6 is 15.9 Å². The van der Waals surface area contributed by atoms with Crippen LogP contribution in [0.25, 0.3) is 0 Å². The topological polar surface area (TPSA) is 0 Å². The van der Waals surface area contributed by atoms with Crippen molar-refractivity contribution < 1.29 is 0 Å². The van der Waals surface area contributed by atoms with Crippen LogP contribution in [0.1, 0.15) is 38.8 Å². The number of halogens is 1. The molecular weight excluding hydrogens is 236 g/mol. The number of hydrogen-bond acceptors (Lipinski definition) is 0. The van der Waals surface area contributed by atoms with Gasteiger partial charge in [-0.25, -0.2) is 0 Å². The smallest absolute Gasteiger partial charge is 0.0204 e. The minimum Gasteiger partial charge on any atom is -0.0683 e. The molecule has 0 unspecified atom stereocenters. The Morgan fingerprint density at radius 2 is 1.79 bits per heavy atom. The number of rotatable bonds is 2. The number of aryl methyl sites for hydroxylation is 1. The quantitative estimate of drug-likeness (QED) is 0.700. The van der Waals surface area contributed by atoms with Gasteiger partial charge < -0.3 is 0 Å². The van der Waals surface area contributed by atoms with E-state index in [0.717, 1.165) is 5.92 Å². The lowest BCUT2D eigenvalue weighted by atomic mass is 10.0. The molecule has 14 heavy (non-hydrogen) atoms. The Morgan fingerprint density at radius 3 is 2.21 bits per heavy atom. The zero-order valence-electron chi connectivity index (χ0n) is 9.89. The molecule has 0 amide bonds. The third kappa shape index (κ3) is 4.80. The molecule has 0 aliphatic carbocycles. The van der Waals surface area contributed by atoms with Crippen molar-refractivity contribution in [2.75, 3.05) is 0 Å². The van der Waals surface area contributed by atoms with Crippen molar-refractivity contribution in [3.05, 3.63) is 33.8 Å². The van der Waals surface area contributed by atoms with Crippen LogP contribution in [-0.2, 0) is 6.42 Å². The van der Waals surface area contributed by atoms with Crippen LogP contribution in [0.3, 0.4) is 0 Å². The summed E-state index contributed by atoms with van der Waals surface area (Å²) < 4.78 is 1.20. The van der Waals surface area contributed by atoms with Crippen molar-refractivity contribution in [2.45, 2.75) is 41.0 Å². The van der Waals surface area contributed by atoms with Crippen molar-refractivity contribution in [2.24, 2.45) is 5.92 Å². The molecule has 80 valence electrons. The van der Waals surface area contributed by atoms with Gasteiger partial charge in [0.25, 0.3) is 0 Å². The minimum atomic E-state index is 0.741. The van der Waals surface area contributed by atoms with Crippen LogP contribution in [0.2, 0.25) is 0 Å². The molecule has 0 bridgehead atoms. The van der Waals surface area contributed by atoms with E-state index < -0.39 is 0 Å². The van der Waals surface area contributed by atoms with Crippen LogP contribution in [-0.4, -0.2) is 0 Å². The highest BCUT2D eigenvalue weighted by Crippen LogP contribution is 2.18. The maximum absolute atomic E-state index is 3.50. The highest BCUT2D eigenvalue weighted by Gasteiger charge is 1.99. The van der Waals surface area contributed by atoms with E-state index in [9.17, 15) is 0 Å². The summed E-state index contributed by atoms with van der Waals surface area (Å²) in [7, 11) is 0. The van der Waals surface area contributed by atoms with Crippen LogP contribution in [0.4, 0.5) is 0 Å². The molecule has 0 radical (unpaired) electrons. The van der Waals surface area contributed by atoms with Gasteiger partial charge in [0, 0.05) is 4.47 Å². The van der Waals surface area contributed by atoms with Gasteiger partial charge in [-0.1, -0.05) is 55.8 Å². The summed E-state index contributed by atoms with van der Waals surface area (Å²) in [6.07, 6.45) is 1.17. The second kappa shape index (κ2) is 7.05. The van der Waals surface area contributed by atoms with Gasteiger partial charge in [0.1, 0.15) is 0 Å². The van der Waals surface area contributed by atoms with Crippen LogP contribution < -0.4 is 0 Å². The first-order valence-corrected chi connectivity index (χ1v) is 6.14. The average molecular weight is 257 g/mol. The zero-order chi connectivity index (χ0) is 11.1. The van der Waals surface area contributed by atoms with Gasteiger partial charge in [0.15, 0.2) is 0 Å². The highest BCUT2D eigenvalue weighted by atomic mass is 79.9. The lowest BCUT2D eigenvalue weighted by Crippen LogP contribution is -1.94. The van der Waals surface area contributed by atoms with E-state index >= 15 is 0 Å². The summed E-state index contributed by atoms with van der Waals surface area (Å²) in [6.45, 7) is 10.6. The van der Waals surface area contributed by atoms with Gasteiger partial charge in [-0.15, -0.1) is 0 Å². The fraction of sp³-hybridized carbons (Fsp3) is 0.538. The van der Waals surface area contributed by atoms with Crippen LogP contribution in [0.15, 0.2) is 22.7 Å². The lowest BCUT2D eigenvalue weighted by molar-refractivity contribution is 0.647. The SMILES string of the molecule is CC.Cc1cc(CC(C)C)ccc1Br. The molecule has 1 aromatic carbocycles. The Labute approximate surface area is 96.9 Å². The maximum Gasteiger partial charge on any atom is 0.0204 e. The molecule has 0 heterocycles. The summed E-state index contributed by atoms with van der Waals surface area (Å²) in [6, 6.07) is 6.58. The molecule has 0 aromatic heterocycles. The average Bonchev–Trinajstić information content (AvgIpc) is 2.14. The molecule has 1 heteroatoms. The molecule has 0 aliphatic rings. The monoisotopic (exact) mass is 256 g/mol. The molecule has 0 atom stereocenters. The molecule has 1 aromatic rings.